The summed E-state index contributed by atoms with van der Waals surface area (Å²) < 4.78 is 7.39. The molecule has 0 aromatic rings. The number of rotatable bonds is 2. The average Bonchev–Trinajstić information content (AvgIpc) is 2.70. The van der Waals surface area contributed by atoms with Gasteiger partial charge in [-0.05, 0) is 0 Å². The molecular formula is C11H18HgNO5. The van der Waals surface area contributed by atoms with Crippen LogP contribution in [0.1, 0.15) is 12.8 Å². The van der Waals surface area contributed by atoms with Gasteiger partial charge in [0.1, 0.15) is 0 Å². The first-order chi connectivity index (χ1) is 8.60. The summed E-state index contributed by atoms with van der Waals surface area (Å²) >= 11 is 0.892. The molecular weight excluding hydrogens is 427 g/mol. The number of nitrogens with zero attached hydrogens (tertiary/aromatic N) is 1. The fourth-order valence-corrected chi connectivity index (χ4v) is 7.26. The zero-order valence-electron chi connectivity index (χ0n) is 10.3. The van der Waals surface area contributed by atoms with Crippen molar-refractivity contribution in [1.29, 1.82) is 0 Å². The Bertz CT molecular complexity index is 292. The van der Waals surface area contributed by atoms with Gasteiger partial charge in [0.2, 0.25) is 0 Å². The molecule has 3 aliphatic carbocycles. The summed E-state index contributed by atoms with van der Waals surface area (Å²) in [7, 11) is 0. The second kappa shape index (κ2) is 6.01. The molecule has 4 aliphatic rings. The summed E-state index contributed by atoms with van der Waals surface area (Å²) in [6.45, 7) is 1.35. The molecule has 4 fully saturated rings. The van der Waals surface area contributed by atoms with Gasteiger partial charge in [0.15, 0.2) is 0 Å². The third kappa shape index (κ3) is 2.51. The molecule has 3 saturated carbocycles. The Morgan fingerprint density at radius 1 is 1.28 bits per heavy atom. The molecule has 2 N–H and O–H groups in total. The number of aliphatic hydroxyl groups is 1. The van der Waals surface area contributed by atoms with E-state index >= 15 is 0 Å². The zero-order chi connectivity index (χ0) is 13.3. The van der Waals surface area contributed by atoms with Crippen LogP contribution in [0, 0.1) is 39.7 Å². The standard InChI is InChI=1S/C11H17O2.Hg.HNO3/c1-6-7-2-3-8-10(9(7)4-12)5-13-11(6)8;;2-1(3)4/h6-12H,1-5H2;;(H,2,3,4)/t6-,7+,8+,9+,10+,11+;;/m1../s1. The van der Waals surface area contributed by atoms with Crippen molar-refractivity contribution in [3.8, 4) is 0 Å². The molecule has 6 nitrogen and oxygen atoms in total. The van der Waals surface area contributed by atoms with Crippen molar-refractivity contribution in [3.05, 3.63) is 10.1 Å². The van der Waals surface area contributed by atoms with E-state index in [1.807, 2.05) is 0 Å². The topological polar surface area (TPSA) is 92.8 Å². The fourth-order valence-electron chi connectivity index (χ4n) is 4.31. The third-order valence-electron chi connectivity index (χ3n) is 4.90. The van der Waals surface area contributed by atoms with Gasteiger partial charge in [0, 0.05) is 0 Å². The van der Waals surface area contributed by atoms with E-state index in [1.165, 1.54) is 16.8 Å². The molecule has 0 spiro atoms. The minimum atomic E-state index is -1.50. The molecule has 0 amide bonds. The normalized spacial score (nSPS) is 44.4. The molecule has 0 radical (unpaired) electrons. The van der Waals surface area contributed by atoms with Crippen LogP contribution in [0.3, 0.4) is 0 Å². The predicted octanol–water partition coefficient (Wildman–Crippen LogP) is 0.883. The van der Waals surface area contributed by atoms with Gasteiger partial charge in [-0.15, -0.1) is 10.1 Å². The van der Waals surface area contributed by atoms with E-state index in [0.29, 0.717) is 24.5 Å². The predicted molar refractivity (Wildman–Crippen MR) is 57.1 cm³/mol. The van der Waals surface area contributed by atoms with Crippen molar-refractivity contribution in [2.45, 2.75) is 22.9 Å². The maximum atomic E-state index is 9.51. The van der Waals surface area contributed by atoms with E-state index < -0.39 is 5.09 Å². The monoisotopic (exact) mass is 446 g/mol. The number of ether oxygens (including phenoxy) is 1. The Labute approximate surface area is 122 Å². The van der Waals surface area contributed by atoms with Gasteiger partial charge in [-0.1, -0.05) is 0 Å². The molecule has 1 aliphatic heterocycles. The van der Waals surface area contributed by atoms with Crippen LogP contribution in [0.5, 0.6) is 0 Å². The van der Waals surface area contributed by atoms with Gasteiger partial charge in [-0.25, -0.2) is 0 Å². The van der Waals surface area contributed by atoms with Crippen LogP contribution >= 0.6 is 0 Å². The molecule has 1 saturated heterocycles. The first kappa shape index (κ1) is 14.5. The Balaban J connectivity index is 0.000000267. The number of aliphatic hydroxyl groups excluding tert-OH is 1. The van der Waals surface area contributed by atoms with Crippen LogP contribution in [0.15, 0.2) is 0 Å². The Kier molecular flexibility index (Phi) is 4.83. The van der Waals surface area contributed by atoms with Crippen LogP contribution in [-0.2, 0) is 30.9 Å². The van der Waals surface area contributed by atoms with Crippen molar-refractivity contribution >= 4 is 0 Å². The quantitative estimate of drug-likeness (QED) is 0.375. The fraction of sp³-hybridized carbons (Fsp3) is 1.00. The molecule has 0 aromatic carbocycles. The molecule has 0 aromatic heterocycles. The summed E-state index contributed by atoms with van der Waals surface area (Å²) in [4.78, 5) is 8.36. The molecule has 4 rings (SSSR count). The molecule has 4 bridgehead atoms. The maximum absolute atomic E-state index is 9.51. The van der Waals surface area contributed by atoms with E-state index in [4.69, 9.17) is 20.1 Å². The summed E-state index contributed by atoms with van der Waals surface area (Å²) in [5, 5.41) is 23.1. The summed E-state index contributed by atoms with van der Waals surface area (Å²) in [6.07, 6.45) is 3.34. The summed E-state index contributed by atoms with van der Waals surface area (Å²) in [5.41, 5.74) is 0. The summed E-state index contributed by atoms with van der Waals surface area (Å²) in [5.74, 6) is 3.74. The van der Waals surface area contributed by atoms with Crippen LogP contribution in [0.2, 0.25) is 3.93 Å². The molecule has 6 atom stereocenters. The Morgan fingerprint density at radius 2 is 1.89 bits per heavy atom. The van der Waals surface area contributed by atoms with Gasteiger partial charge in [0.25, 0.3) is 5.09 Å². The number of hydrogen-bond donors (Lipinski definition) is 2. The van der Waals surface area contributed by atoms with Crippen molar-refractivity contribution in [1.82, 2.24) is 0 Å². The van der Waals surface area contributed by atoms with E-state index in [1.54, 1.807) is 0 Å². The van der Waals surface area contributed by atoms with Gasteiger partial charge in [-0.2, -0.15) is 0 Å². The first-order valence-corrected chi connectivity index (χ1v) is 10.3. The van der Waals surface area contributed by atoms with E-state index in [0.717, 1.165) is 50.5 Å². The minimum absolute atomic E-state index is 0.409. The van der Waals surface area contributed by atoms with Gasteiger partial charge in [-0.3, -0.25) is 0 Å². The van der Waals surface area contributed by atoms with Gasteiger partial charge < -0.3 is 5.21 Å². The molecule has 18 heavy (non-hydrogen) atoms. The van der Waals surface area contributed by atoms with E-state index in [9.17, 15) is 5.11 Å². The van der Waals surface area contributed by atoms with Gasteiger partial charge in [0.05, 0.1) is 0 Å². The number of fused-ring (bicyclic) bond motifs is 1. The van der Waals surface area contributed by atoms with Crippen LogP contribution < -0.4 is 0 Å². The van der Waals surface area contributed by atoms with Crippen molar-refractivity contribution < 1.29 is 46.3 Å². The van der Waals surface area contributed by atoms with Crippen LogP contribution in [0.25, 0.3) is 0 Å². The molecule has 7 heteroatoms. The van der Waals surface area contributed by atoms with Crippen molar-refractivity contribution in [2.75, 3.05) is 13.2 Å². The Morgan fingerprint density at radius 3 is 2.44 bits per heavy atom. The Hall–Kier alpha value is 0.0551. The molecule has 0 unspecified atom stereocenters. The third-order valence-corrected chi connectivity index (χ3v) is 7.49. The first-order valence-electron chi connectivity index (χ1n) is 6.45. The number of hydrogen-bond acceptors (Lipinski definition) is 4. The van der Waals surface area contributed by atoms with Gasteiger partial charge >= 0.3 is 102 Å². The molecule has 1 heterocycles. The van der Waals surface area contributed by atoms with E-state index in [-0.39, 0.29) is 0 Å². The second-order valence-electron chi connectivity index (χ2n) is 5.40. The molecule has 99 valence electrons. The zero-order valence-corrected chi connectivity index (χ0v) is 15.8. The summed E-state index contributed by atoms with van der Waals surface area (Å²) in [6, 6.07) is 0. The van der Waals surface area contributed by atoms with Crippen molar-refractivity contribution in [2.24, 2.45) is 29.6 Å². The SMILES string of the molecule is O=[N+]([O-])O.OC[C@H]1[C@H]2CC[C@H]3[C@@H]1CO[C@H]3[C@@H]2[CH2][Hg]. The second-order valence-corrected chi connectivity index (χ2v) is 7.65. The average molecular weight is 445 g/mol. The van der Waals surface area contributed by atoms with Crippen LogP contribution in [0.4, 0.5) is 0 Å². The van der Waals surface area contributed by atoms with Crippen molar-refractivity contribution in [3.63, 3.8) is 0 Å². The van der Waals surface area contributed by atoms with E-state index in [2.05, 4.69) is 0 Å². The van der Waals surface area contributed by atoms with Crippen LogP contribution in [-0.4, -0.2) is 34.7 Å².